The van der Waals surface area contributed by atoms with E-state index in [1.807, 2.05) is 0 Å². The molecular weight excluding hydrogens is 256 g/mol. The Morgan fingerprint density at radius 1 is 1.53 bits per heavy atom. The standard InChI is InChI=1S/C11H19ClN2O2Si/c1-17(2,3)5-4-16-9-14-8-10(7-13-14)11(15)6-12/h7-8H,4-6,9H2,1-3H3. The quantitative estimate of drug-likeness (QED) is 0.332. The molecule has 96 valence electrons. The molecule has 0 spiro atoms. The molecule has 0 aromatic carbocycles. The van der Waals surface area contributed by atoms with Crippen LogP contribution in [-0.4, -0.2) is 36.1 Å². The van der Waals surface area contributed by atoms with Crippen molar-refractivity contribution in [3.8, 4) is 0 Å². The Balaban J connectivity index is 2.33. The van der Waals surface area contributed by atoms with Gasteiger partial charge in [0.1, 0.15) is 6.73 Å². The second-order valence-electron chi connectivity index (χ2n) is 5.17. The molecule has 0 saturated heterocycles. The van der Waals surface area contributed by atoms with Crippen molar-refractivity contribution in [2.24, 2.45) is 0 Å². The Bertz CT molecular complexity index is 374. The molecule has 0 unspecified atom stereocenters. The summed E-state index contributed by atoms with van der Waals surface area (Å²) in [5, 5.41) is 4.04. The smallest absolute Gasteiger partial charge is 0.180 e. The fourth-order valence-electron chi connectivity index (χ4n) is 1.19. The lowest BCUT2D eigenvalue weighted by Crippen LogP contribution is -2.22. The number of nitrogens with zero attached hydrogens (tertiary/aromatic N) is 2. The van der Waals surface area contributed by atoms with Crippen LogP contribution in [0.2, 0.25) is 25.7 Å². The molecule has 0 amide bonds. The molecule has 0 aliphatic rings. The summed E-state index contributed by atoms with van der Waals surface area (Å²) in [6.07, 6.45) is 3.19. The monoisotopic (exact) mass is 274 g/mol. The number of rotatable bonds is 7. The molecular formula is C11H19ClN2O2Si. The number of ether oxygens (including phenoxy) is 1. The van der Waals surface area contributed by atoms with Gasteiger partial charge in [-0.05, 0) is 6.04 Å². The molecule has 0 saturated carbocycles. The van der Waals surface area contributed by atoms with Crippen molar-refractivity contribution in [2.75, 3.05) is 12.5 Å². The predicted molar refractivity (Wildman–Crippen MR) is 71.4 cm³/mol. The van der Waals surface area contributed by atoms with E-state index in [2.05, 4.69) is 24.7 Å². The predicted octanol–water partition coefficient (Wildman–Crippen LogP) is 2.62. The zero-order valence-electron chi connectivity index (χ0n) is 10.6. The Kier molecular flexibility index (Phi) is 5.36. The first kappa shape index (κ1) is 14.4. The number of hydrogen-bond donors (Lipinski definition) is 0. The maximum Gasteiger partial charge on any atom is 0.180 e. The van der Waals surface area contributed by atoms with Gasteiger partial charge >= 0.3 is 0 Å². The van der Waals surface area contributed by atoms with Crippen molar-refractivity contribution in [3.63, 3.8) is 0 Å². The van der Waals surface area contributed by atoms with Gasteiger partial charge in [-0.25, -0.2) is 4.68 Å². The molecule has 6 heteroatoms. The van der Waals surface area contributed by atoms with E-state index in [0.717, 1.165) is 12.7 Å². The Hall–Kier alpha value is -0.653. The normalized spacial score (nSPS) is 11.8. The third kappa shape index (κ3) is 5.47. The van der Waals surface area contributed by atoms with Crippen molar-refractivity contribution < 1.29 is 9.53 Å². The Morgan fingerprint density at radius 3 is 2.82 bits per heavy atom. The fraction of sp³-hybridized carbons (Fsp3) is 0.636. The van der Waals surface area contributed by atoms with Crippen LogP contribution in [0.5, 0.6) is 0 Å². The van der Waals surface area contributed by atoms with Crippen LogP contribution >= 0.6 is 11.6 Å². The number of carbonyl (C=O) groups excluding carboxylic acids is 1. The molecule has 0 aliphatic carbocycles. The first-order valence-corrected chi connectivity index (χ1v) is 9.86. The highest BCUT2D eigenvalue weighted by Gasteiger charge is 2.12. The SMILES string of the molecule is C[Si](C)(C)CCOCn1cc(C(=O)CCl)cn1. The van der Waals surface area contributed by atoms with Crippen LogP contribution in [0.4, 0.5) is 0 Å². The fourth-order valence-corrected chi connectivity index (χ4v) is 2.10. The van der Waals surface area contributed by atoms with Gasteiger partial charge in [-0.3, -0.25) is 4.79 Å². The van der Waals surface area contributed by atoms with Gasteiger partial charge in [-0.15, -0.1) is 11.6 Å². The molecule has 4 nitrogen and oxygen atoms in total. The number of ketones is 1. The summed E-state index contributed by atoms with van der Waals surface area (Å²) < 4.78 is 7.13. The van der Waals surface area contributed by atoms with Crippen LogP contribution in [0, 0.1) is 0 Å². The maximum atomic E-state index is 11.3. The lowest BCUT2D eigenvalue weighted by atomic mass is 10.3. The number of alkyl halides is 1. The number of halogens is 1. The van der Waals surface area contributed by atoms with Gasteiger partial charge in [-0.1, -0.05) is 19.6 Å². The van der Waals surface area contributed by atoms with E-state index in [0.29, 0.717) is 12.3 Å². The van der Waals surface area contributed by atoms with Gasteiger partial charge in [0.05, 0.1) is 17.6 Å². The van der Waals surface area contributed by atoms with Gasteiger partial charge in [0.15, 0.2) is 5.78 Å². The van der Waals surface area contributed by atoms with Crippen molar-refractivity contribution in [1.82, 2.24) is 9.78 Å². The molecule has 0 fully saturated rings. The van der Waals surface area contributed by atoms with E-state index in [1.165, 1.54) is 6.20 Å². The van der Waals surface area contributed by atoms with Gasteiger partial charge in [0.2, 0.25) is 0 Å². The second-order valence-corrected chi connectivity index (χ2v) is 11.1. The molecule has 1 rings (SSSR count). The summed E-state index contributed by atoms with van der Waals surface area (Å²) in [5.74, 6) is -0.123. The molecule has 0 N–H and O–H groups in total. The highest BCUT2D eigenvalue weighted by Crippen LogP contribution is 2.08. The highest BCUT2D eigenvalue weighted by atomic mass is 35.5. The van der Waals surface area contributed by atoms with E-state index >= 15 is 0 Å². The average molecular weight is 275 g/mol. The molecule has 1 aromatic rings. The lowest BCUT2D eigenvalue weighted by molar-refractivity contribution is 0.0785. The summed E-state index contributed by atoms with van der Waals surface area (Å²) >= 11 is 5.46. The third-order valence-corrected chi connectivity index (χ3v) is 4.24. The van der Waals surface area contributed by atoms with E-state index < -0.39 is 8.07 Å². The Labute approximate surface area is 108 Å². The van der Waals surface area contributed by atoms with E-state index in [1.54, 1.807) is 10.9 Å². The number of Topliss-reactive ketones (excluding diaryl/α,β-unsaturated/α-hetero) is 1. The van der Waals surface area contributed by atoms with Crippen LogP contribution in [-0.2, 0) is 11.5 Å². The van der Waals surface area contributed by atoms with Crippen LogP contribution in [0.25, 0.3) is 0 Å². The molecule has 0 atom stereocenters. The van der Waals surface area contributed by atoms with Gasteiger partial charge in [0.25, 0.3) is 0 Å². The first-order valence-electron chi connectivity index (χ1n) is 5.62. The summed E-state index contributed by atoms with van der Waals surface area (Å²) in [5.41, 5.74) is 0.536. The number of aromatic nitrogens is 2. The van der Waals surface area contributed by atoms with Gasteiger partial charge < -0.3 is 4.74 Å². The maximum absolute atomic E-state index is 11.3. The summed E-state index contributed by atoms with van der Waals surface area (Å²) in [4.78, 5) is 11.3. The molecule has 0 radical (unpaired) electrons. The third-order valence-electron chi connectivity index (χ3n) is 2.30. The van der Waals surface area contributed by atoms with Crippen LogP contribution < -0.4 is 0 Å². The first-order chi connectivity index (χ1) is 7.92. The highest BCUT2D eigenvalue weighted by molar-refractivity contribution is 6.76. The van der Waals surface area contributed by atoms with E-state index in [-0.39, 0.29) is 11.7 Å². The average Bonchev–Trinajstić information content (AvgIpc) is 2.70. The molecule has 1 heterocycles. The largest absolute Gasteiger partial charge is 0.360 e. The summed E-state index contributed by atoms with van der Waals surface area (Å²) in [7, 11) is -1.04. The van der Waals surface area contributed by atoms with Gasteiger partial charge in [-0.2, -0.15) is 5.10 Å². The molecule has 0 bridgehead atoms. The molecule has 1 aromatic heterocycles. The van der Waals surface area contributed by atoms with Crippen molar-refractivity contribution >= 4 is 25.5 Å². The second kappa shape index (κ2) is 6.33. The minimum absolute atomic E-state index is 0.0117. The van der Waals surface area contributed by atoms with Crippen molar-refractivity contribution in [1.29, 1.82) is 0 Å². The molecule has 0 aliphatic heterocycles. The Morgan fingerprint density at radius 2 is 2.24 bits per heavy atom. The summed E-state index contributed by atoms with van der Waals surface area (Å²) in [6.45, 7) is 8.05. The topological polar surface area (TPSA) is 44.1 Å². The number of hydrogen-bond acceptors (Lipinski definition) is 3. The number of carbonyl (C=O) groups is 1. The van der Waals surface area contributed by atoms with Crippen LogP contribution in [0.3, 0.4) is 0 Å². The zero-order valence-corrected chi connectivity index (χ0v) is 12.3. The van der Waals surface area contributed by atoms with Crippen LogP contribution in [0.15, 0.2) is 12.4 Å². The summed E-state index contributed by atoms with van der Waals surface area (Å²) in [6, 6.07) is 1.13. The van der Waals surface area contributed by atoms with E-state index in [9.17, 15) is 4.79 Å². The van der Waals surface area contributed by atoms with Crippen LogP contribution in [0.1, 0.15) is 10.4 Å². The van der Waals surface area contributed by atoms with Gasteiger partial charge in [0, 0.05) is 20.9 Å². The minimum atomic E-state index is -1.04. The molecule has 17 heavy (non-hydrogen) atoms. The van der Waals surface area contributed by atoms with Crippen molar-refractivity contribution in [3.05, 3.63) is 18.0 Å². The van der Waals surface area contributed by atoms with Crippen molar-refractivity contribution in [2.45, 2.75) is 32.4 Å². The van der Waals surface area contributed by atoms with E-state index in [4.69, 9.17) is 16.3 Å². The zero-order chi connectivity index (χ0) is 12.9. The minimum Gasteiger partial charge on any atom is -0.360 e. The lowest BCUT2D eigenvalue weighted by Gasteiger charge is -2.15.